The zero-order chi connectivity index (χ0) is 15.3. The molecule has 0 fully saturated rings. The molecular formula is C18H14N2O2. The van der Waals surface area contributed by atoms with Crippen LogP contribution in [0.2, 0.25) is 0 Å². The van der Waals surface area contributed by atoms with E-state index < -0.39 is 11.9 Å². The van der Waals surface area contributed by atoms with Gasteiger partial charge < -0.3 is 5.11 Å². The van der Waals surface area contributed by atoms with Gasteiger partial charge in [0, 0.05) is 11.8 Å². The minimum Gasteiger partial charge on any atom is -0.481 e. The van der Waals surface area contributed by atoms with Gasteiger partial charge in [0.15, 0.2) is 0 Å². The molecule has 0 bridgehead atoms. The molecule has 1 atom stereocenters. The van der Waals surface area contributed by atoms with Crippen LogP contribution in [-0.2, 0) is 11.2 Å². The number of carboxylic acids is 1. The van der Waals surface area contributed by atoms with Crippen LogP contribution in [0.3, 0.4) is 0 Å². The van der Waals surface area contributed by atoms with Crippen molar-refractivity contribution in [2.75, 3.05) is 0 Å². The second-order valence-corrected chi connectivity index (χ2v) is 5.62. The predicted molar refractivity (Wildman–Crippen MR) is 83.8 cm³/mol. The molecule has 1 N–H and O–H groups in total. The Kier molecular flexibility index (Phi) is 2.73. The Morgan fingerprint density at radius 2 is 2.05 bits per heavy atom. The summed E-state index contributed by atoms with van der Waals surface area (Å²) in [6, 6.07) is 11.5. The van der Waals surface area contributed by atoms with Crippen LogP contribution >= 0.6 is 0 Å². The number of nitrogens with zero attached hydrogens (tertiary/aromatic N) is 2. The van der Waals surface area contributed by atoms with Gasteiger partial charge in [-0.05, 0) is 42.2 Å². The first-order valence-electron chi connectivity index (χ1n) is 7.23. The van der Waals surface area contributed by atoms with Gasteiger partial charge in [-0.15, -0.1) is 0 Å². The maximum Gasteiger partial charge on any atom is 0.311 e. The van der Waals surface area contributed by atoms with E-state index in [4.69, 9.17) is 4.98 Å². The predicted octanol–water partition coefficient (Wildman–Crippen LogP) is 3.33. The van der Waals surface area contributed by atoms with Crippen molar-refractivity contribution in [1.82, 2.24) is 9.97 Å². The number of pyridine rings is 2. The average Bonchev–Trinajstić information content (AvgIpc) is 2.54. The number of aliphatic carboxylic acids is 1. The molecule has 2 heterocycles. The maximum atomic E-state index is 11.7. The maximum absolute atomic E-state index is 11.7. The summed E-state index contributed by atoms with van der Waals surface area (Å²) in [4.78, 5) is 20.8. The SMILES string of the molecule is Cc1c2c(nc3cccnc13)-c1ccccc1C(C(=O)O)C2. The molecule has 22 heavy (non-hydrogen) atoms. The molecule has 4 rings (SSSR count). The van der Waals surface area contributed by atoms with Gasteiger partial charge in [-0.25, -0.2) is 4.98 Å². The Morgan fingerprint density at radius 1 is 1.23 bits per heavy atom. The Hall–Kier alpha value is -2.75. The Morgan fingerprint density at radius 3 is 2.86 bits per heavy atom. The van der Waals surface area contributed by atoms with Gasteiger partial charge in [0.1, 0.15) is 0 Å². The third-order valence-corrected chi connectivity index (χ3v) is 4.41. The largest absolute Gasteiger partial charge is 0.481 e. The Bertz CT molecular complexity index is 918. The van der Waals surface area contributed by atoms with Crippen LogP contribution in [0.1, 0.15) is 22.6 Å². The molecule has 3 aromatic rings. The van der Waals surface area contributed by atoms with Crippen molar-refractivity contribution in [3.05, 3.63) is 59.3 Å². The fourth-order valence-corrected chi connectivity index (χ4v) is 3.31. The first-order valence-corrected chi connectivity index (χ1v) is 7.23. The highest BCUT2D eigenvalue weighted by atomic mass is 16.4. The number of benzene rings is 1. The molecule has 0 aliphatic heterocycles. The minimum atomic E-state index is -0.793. The lowest BCUT2D eigenvalue weighted by Gasteiger charge is -2.26. The van der Waals surface area contributed by atoms with Crippen LogP contribution < -0.4 is 0 Å². The first-order chi connectivity index (χ1) is 10.7. The van der Waals surface area contributed by atoms with Crippen molar-refractivity contribution in [2.45, 2.75) is 19.3 Å². The van der Waals surface area contributed by atoms with E-state index in [1.165, 1.54) is 0 Å². The van der Waals surface area contributed by atoms with Gasteiger partial charge in [-0.2, -0.15) is 0 Å². The highest BCUT2D eigenvalue weighted by molar-refractivity contribution is 5.89. The summed E-state index contributed by atoms with van der Waals surface area (Å²) in [5.41, 5.74) is 6.39. The molecular weight excluding hydrogens is 276 g/mol. The number of carboxylic acid groups (broad SMARTS) is 1. The van der Waals surface area contributed by atoms with Crippen LogP contribution in [-0.4, -0.2) is 21.0 Å². The lowest BCUT2D eigenvalue weighted by Crippen LogP contribution is -2.21. The number of carbonyl (C=O) groups is 1. The van der Waals surface area contributed by atoms with E-state index in [1.54, 1.807) is 6.20 Å². The Labute approximate surface area is 127 Å². The quantitative estimate of drug-likeness (QED) is 0.746. The van der Waals surface area contributed by atoms with Crippen molar-refractivity contribution in [1.29, 1.82) is 0 Å². The summed E-state index contributed by atoms with van der Waals surface area (Å²) in [7, 11) is 0. The minimum absolute atomic E-state index is 0.465. The van der Waals surface area contributed by atoms with E-state index in [2.05, 4.69) is 4.98 Å². The summed E-state index contributed by atoms with van der Waals surface area (Å²) in [6.07, 6.45) is 2.21. The lowest BCUT2D eigenvalue weighted by atomic mass is 9.79. The number of hydrogen-bond donors (Lipinski definition) is 1. The molecule has 1 aliphatic carbocycles. The highest BCUT2D eigenvalue weighted by Crippen LogP contribution is 2.41. The molecule has 2 aromatic heterocycles. The molecule has 4 nitrogen and oxygen atoms in total. The lowest BCUT2D eigenvalue weighted by molar-refractivity contribution is -0.138. The molecule has 108 valence electrons. The van der Waals surface area contributed by atoms with E-state index in [1.807, 2.05) is 43.3 Å². The second kappa shape index (κ2) is 4.63. The van der Waals surface area contributed by atoms with Crippen LogP contribution in [0, 0.1) is 6.92 Å². The number of aromatic nitrogens is 2. The van der Waals surface area contributed by atoms with Crippen LogP contribution in [0.25, 0.3) is 22.3 Å². The number of aryl methyl sites for hydroxylation is 1. The number of rotatable bonds is 1. The molecule has 1 aromatic carbocycles. The second-order valence-electron chi connectivity index (χ2n) is 5.62. The summed E-state index contributed by atoms with van der Waals surface area (Å²) in [5.74, 6) is -1.32. The van der Waals surface area contributed by atoms with Crippen molar-refractivity contribution in [3.8, 4) is 11.3 Å². The fraction of sp³-hybridized carbons (Fsp3) is 0.167. The van der Waals surface area contributed by atoms with Gasteiger partial charge in [-0.1, -0.05) is 24.3 Å². The van der Waals surface area contributed by atoms with Crippen LogP contribution in [0.4, 0.5) is 0 Å². The molecule has 1 unspecified atom stereocenters. The molecule has 0 amide bonds. The van der Waals surface area contributed by atoms with E-state index in [9.17, 15) is 9.90 Å². The van der Waals surface area contributed by atoms with Crippen LogP contribution in [0.15, 0.2) is 42.6 Å². The summed E-state index contributed by atoms with van der Waals surface area (Å²) in [6.45, 7) is 2.00. The third-order valence-electron chi connectivity index (χ3n) is 4.41. The topological polar surface area (TPSA) is 63.1 Å². The first kappa shape index (κ1) is 13.0. The fourth-order valence-electron chi connectivity index (χ4n) is 3.31. The van der Waals surface area contributed by atoms with Crippen LogP contribution in [0.5, 0.6) is 0 Å². The zero-order valence-electron chi connectivity index (χ0n) is 12.1. The van der Waals surface area contributed by atoms with Crippen molar-refractivity contribution in [2.24, 2.45) is 0 Å². The van der Waals surface area contributed by atoms with Gasteiger partial charge in [0.05, 0.1) is 22.6 Å². The molecule has 0 saturated carbocycles. The highest BCUT2D eigenvalue weighted by Gasteiger charge is 2.31. The zero-order valence-corrected chi connectivity index (χ0v) is 12.1. The molecule has 0 spiro atoms. The van der Waals surface area contributed by atoms with Gasteiger partial charge in [-0.3, -0.25) is 9.78 Å². The van der Waals surface area contributed by atoms with Crippen molar-refractivity contribution >= 4 is 17.0 Å². The van der Waals surface area contributed by atoms with Gasteiger partial charge in [0.25, 0.3) is 0 Å². The van der Waals surface area contributed by atoms with Crippen molar-refractivity contribution < 1.29 is 9.90 Å². The molecule has 1 aliphatic rings. The molecule has 0 saturated heterocycles. The van der Waals surface area contributed by atoms with E-state index in [0.717, 1.165) is 39.0 Å². The number of hydrogen-bond acceptors (Lipinski definition) is 3. The summed E-state index contributed by atoms with van der Waals surface area (Å²) in [5, 5.41) is 9.58. The number of fused-ring (bicyclic) bond motifs is 4. The normalized spacial score (nSPS) is 16.1. The Balaban J connectivity index is 2.08. The van der Waals surface area contributed by atoms with E-state index >= 15 is 0 Å². The summed E-state index contributed by atoms with van der Waals surface area (Å²) >= 11 is 0. The van der Waals surface area contributed by atoms with E-state index in [-0.39, 0.29) is 0 Å². The smallest absolute Gasteiger partial charge is 0.311 e. The molecule has 4 heteroatoms. The summed E-state index contributed by atoms with van der Waals surface area (Å²) < 4.78 is 0. The van der Waals surface area contributed by atoms with Gasteiger partial charge >= 0.3 is 5.97 Å². The molecule has 0 radical (unpaired) electrons. The van der Waals surface area contributed by atoms with E-state index in [0.29, 0.717) is 6.42 Å². The third kappa shape index (κ3) is 1.73. The van der Waals surface area contributed by atoms with Crippen molar-refractivity contribution in [3.63, 3.8) is 0 Å². The average molecular weight is 290 g/mol. The monoisotopic (exact) mass is 290 g/mol. The van der Waals surface area contributed by atoms with Gasteiger partial charge in [0.2, 0.25) is 0 Å². The standard InChI is InChI=1S/C18H14N2O2/c1-10-13-9-14(18(21)22)11-5-2-3-6-12(11)17(13)20-15-7-4-8-19-16(10)15/h2-8,14H,9H2,1H3,(H,21,22).